The summed E-state index contributed by atoms with van der Waals surface area (Å²) >= 11 is 0. The molecular formula is C19H27N5O. The third-order valence-electron chi connectivity index (χ3n) is 5.69. The van der Waals surface area contributed by atoms with Crippen LogP contribution in [0.5, 0.6) is 0 Å². The maximum Gasteiger partial charge on any atom is 0.223 e. The monoisotopic (exact) mass is 341 g/mol. The predicted octanol–water partition coefficient (Wildman–Crippen LogP) is 1.99. The van der Waals surface area contributed by atoms with Crippen molar-refractivity contribution >= 4 is 17.1 Å². The highest BCUT2D eigenvalue weighted by Gasteiger charge is 2.29. The van der Waals surface area contributed by atoms with Crippen LogP contribution in [0.1, 0.15) is 37.9 Å². The molecule has 0 N–H and O–H groups in total. The fraction of sp³-hybridized carbons (Fsp3) is 0.632. The highest BCUT2D eigenvalue weighted by molar-refractivity contribution is 5.77. The zero-order valence-electron chi connectivity index (χ0n) is 15.0. The summed E-state index contributed by atoms with van der Waals surface area (Å²) in [5, 5.41) is 0. The summed E-state index contributed by atoms with van der Waals surface area (Å²) in [6.07, 6.45) is 7.98. The van der Waals surface area contributed by atoms with E-state index in [9.17, 15) is 4.79 Å². The van der Waals surface area contributed by atoms with Crippen molar-refractivity contribution in [2.24, 2.45) is 7.05 Å². The van der Waals surface area contributed by atoms with Gasteiger partial charge in [0, 0.05) is 45.2 Å². The van der Waals surface area contributed by atoms with Gasteiger partial charge in [0.05, 0.1) is 0 Å². The van der Waals surface area contributed by atoms with E-state index in [0.29, 0.717) is 18.9 Å². The van der Waals surface area contributed by atoms with Crippen LogP contribution < -0.4 is 0 Å². The Morgan fingerprint density at radius 3 is 2.88 bits per heavy atom. The molecule has 6 nitrogen and oxygen atoms in total. The number of carbonyl (C=O) groups excluding carboxylic acids is 1. The van der Waals surface area contributed by atoms with Crippen molar-refractivity contribution in [2.75, 3.05) is 26.2 Å². The minimum atomic E-state index is 0.268. The molecule has 4 rings (SSSR count). The van der Waals surface area contributed by atoms with Gasteiger partial charge in [0.2, 0.25) is 5.91 Å². The lowest BCUT2D eigenvalue weighted by molar-refractivity contribution is -0.133. The van der Waals surface area contributed by atoms with E-state index >= 15 is 0 Å². The molecule has 2 aromatic rings. The molecule has 0 aliphatic carbocycles. The number of fused-ring (bicyclic) bond motifs is 1. The molecule has 0 bridgehead atoms. The van der Waals surface area contributed by atoms with Gasteiger partial charge in [0.25, 0.3) is 0 Å². The molecule has 0 radical (unpaired) electrons. The lowest BCUT2D eigenvalue weighted by Crippen LogP contribution is -2.49. The quantitative estimate of drug-likeness (QED) is 0.853. The summed E-state index contributed by atoms with van der Waals surface area (Å²) in [6.45, 7) is 4.23. The van der Waals surface area contributed by atoms with Crippen molar-refractivity contribution < 1.29 is 4.79 Å². The normalized spacial score (nSPS) is 22.0. The van der Waals surface area contributed by atoms with Crippen molar-refractivity contribution in [2.45, 2.75) is 44.6 Å². The average molecular weight is 341 g/mol. The zero-order chi connectivity index (χ0) is 17.2. The summed E-state index contributed by atoms with van der Waals surface area (Å²) in [5.41, 5.74) is 1.79. The van der Waals surface area contributed by atoms with Crippen LogP contribution in [0.15, 0.2) is 18.3 Å². The fourth-order valence-corrected chi connectivity index (χ4v) is 4.26. The second-order valence-corrected chi connectivity index (χ2v) is 7.31. The molecule has 2 aromatic heterocycles. The van der Waals surface area contributed by atoms with Gasteiger partial charge in [-0.25, -0.2) is 9.97 Å². The van der Waals surface area contributed by atoms with Gasteiger partial charge in [-0.1, -0.05) is 0 Å². The fourth-order valence-electron chi connectivity index (χ4n) is 4.26. The van der Waals surface area contributed by atoms with E-state index < -0.39 is 0 Å². The molecule has 2 saturated heterocycles. The van der Waals surface area contributed by atoms with Gasteiger partial charge in [0.1, 0.15) is 11.3 Å². The molecule has 4 heterocycles. The number of hydrogen-bond donors (Lipinski definition) is 0. The van der Waals surface area contributed by atoms with Crippen LogP contribution in [-0.2, 0) is 18.3 Å². The number of nitrogens with zero attached hydrogens (tertiary/aromatic N) is 5. The summed E-state index contributed by atoms with van der Waals surface area (Å²) in [5.74, 6) is 1.21. The van der Waals surface area contributed by atoms with Crippen LogP contribution in [0.2, 0.25) is 0 Å². The molecule has 1 amide bonds. The van der Waals surface area contributed by atoms with E-state index in [1.807, 2.05) is 23.7 Å². The minimum absolute atomic E-state index is 0.268. The van der Waals surface area contributed by atoms with Crippen molar-refractivity contribution in [3.8, 4) is 0 Å². The molecule has 6 heteroatoms. The van der Waals surface area contributed by atoms with Crippen LogP contribution in [0, 0.1) is 0 Å². The van der Waals surface area contributed by atoms with Gasteiger partial charge in [-0.15, -0.1) is 0 Å². The van der Waals surface area contributed by atoms with Crippen LogP contribution in [0.25, 0.3) is 11.2 Å². The maximum atomic E-state index is 12.7. The molecule has 2 aliphatic rings. The number of carbonyl (C=O) groups is 1. The van der Waals surface area contributed by atoms with Crippen molar-refractivity contribution in [1.29, 1.82) is 0 Å². The molecule has 1 atom stereocenters. The first kappa shape index (κ1) is 16.5. The molecule has 0 spiro atoms. The molecule has 134 valence electrons. The Kier molecular flexibility index (Phi) is 4.70. The lowest BCUT2D eigenvalue weighted by atomic mass is 10.0. The van der Waals surface area contributed by atoms with Gasteiger partial charge in [-0.05, 0) is 50.9 Å². The number of likely N-dealkylation sites (tertiary alicyclic amines) is 2. The SMILES string of the molecule is Cn1c(CCC(=O)N2CCC[C@@H](N3CCCC3)C2)nc2cccnc21. The van der Waals surface area contributed by atoms with Crippen molar-refractivity contribution in [3.63, 3.8) is 0 Å². The average Bonchev–Trinajstić information content (AvgIpc) is 3.29. The second kappa shape index (κ2) is 7.12. The van der Waals surface area contributed by atoms with Crippen LogP contribution >= 0.6 is 0 Å². The molecular weight excluding hydrogens is 314 g/mol. The Balaban J connectivity index is 1.37. The first-order valence-corrected chi connectivity index (χ1v) is 9.50. The smallest absolute Gasteiger partial charge is 0.223 e. The van der Waals surface area contributed by atoms with Gasteiger partial charge < -0.3 is 9.47 Å². The summed E-state index contributed by atoms with van der Waals surface area (Å²) in [4.78, 5) is 26.4. The first-order chi connectivity index (χ1) is 12.2. The Morgan fingerprint density at radius 1 is 1.24 bits per heavy atom. The number of hydrogen-bond acceptors (Lipinski definition) is 4. The minimum Gasteiger partial charge on any atom is -0.341 e. The van der Waals surface area contributed by atoms with E-state index in [4.69, 9.17) is 0 Å². The molecule has 25 heavy (non-hydrogen) atoms. The number of aryl methyl sites for hydroxylation is 2. The second-order valence-electron chi connectivity index (χ2n) is 7.31. The molecule has 0 aromatic carbocycles. The van der Waals surface area contributed by atoms with E-state index in [1.165, 1.54) is 32.4 Å². The standard InChI is InChI=1S/C19H27N5O/c1-22-17(21-16-7-4-10-20-19(16)22)8-9-18(25)24-13-5-6-15(14-24)23-11-2-3-12-23/h4,7,10,15H,2-3,5-6,8-9,11-14H2,1H3/t15-/m1/s1. The van der Waals surface area contributed by atoms with Crippen LogP contribution in [0.3, 0.4) is 0 Å². The molecule has 2 fully saturated rings. The Labute approximate surface area is 148 Å². The Morgan fingerprint density at radius 2 is 2.08 bits per heavy atom. The number of piperidine rings is 1. The van der Waals surface area contributed by atoms with Gasteiger partial charge >= 0.3 is 0 Å². The number of pyridine rings is 1. The van der Waals surface area contributed by atoms with E-state index in [2.05, 4.69) is 19.8 Å². The Bertz CT molecular complexity index is 749. The summed E-state index contributed by atoms with van der Waals surface area (Å²) < 4.78 is 2.01. The third-order valence-corrected chi connectivity index (χ3v) is 5.69. The summed E-state index contributed by atoms with van der Waals surface area (Å²) in [6, 6.07) is 4.44. The number of imidazole rings is 1. The highest BCUT2D eigenvalue weighted by atomic mass is 16.2. The third kappa shape index (κ3) is 3.40. The molecule has 2 aliphatic heterocycles. The highest BCUT2D eigenvalue weighted by Crippen LogP contribution is 2.21. The van der Waals surface area contributed by atoms with E-state index in [0.717, 1.165) is 36.5 Å². The van der Waals surface area contributed by atoms with Crippen LogP contribution in [0.4, 0.5) is 0 Å². The van der Waals surface area contributed by atoms with Crippen LogP contribution in [-0.4, -0.2) is 62.5 Å². The largest absolute Gasteiger partial charge is 0.341 e. The Hall–Kier alpha value is -1.95. The molecule has 0 saturated carbocycles. The number of aromatic nitrogens is 3. The van der Waals surface area contributed by atoms with Crippen molar-refractivity contribution in [3.05, 3.63) is 24.2 Å². The van der Waals surface area contributed by atoms with Gasteiger partial charge in [-0.3, -0.25) is 9.69 Å². The summed E-state index contributed by atoms with van der Waals surface area (Å²) in [7, 11) is 1.98. The predicted molar refractivity (Wildman–Crippen MR) is 97.2 cm³/mol. The van der Waals surface area contributed by atoms with E-state index in [1.54, 1.807) is 6.20 Å². The van der Waals surface area contributed by atoms with E-state index in [-0.39, 0.29) is 5.91 Å². The maximum absolute atomic E-state index is 12.7. The van der Waals surface area contributed by atoms with Gasteiger partial charge in [0.15, 0.2) is 5.65 Å². The topological polar surface area (TPSA) is 54.3 Å². The molecule has 0 unspecified atom stereocenters. The number of rotatable bonds is 4. The number of amides is 1. The van der Waals surface area contributed by atoms with Crippen molar-refractivity contribution in [1.82, 2.24) is 24.3 Å². The zero-order valence-corrected chi connectivity index (χ0v) is 15.0. The lowest BCUT2D eigenvalue weighted by Gasteiger charge is -2.37. The van der Waals surface area contributed by atoms with Gasteiger partial charge in [-0.2, -0.15) is 0 Å². The first-order valence-electron chi connectivity index (χ1n) is 9.50.